The zero-order chi connectivity index (χ0) is 76.2. The van der Waals surface area contributed by atoms with Crippen molar-refractivity contribution in [2.75, 3.05) is 18.9 Å². The van der Waals surface area contributed by atoms with Crippen LogP contribution in [0, 0.1) is 6.92 Å². The molecule has 0 atom stereocenters. The van der Waals surface area contributed by atoms with Crippen molar-refractivity contribution in [2.45, 2.75) is 193 Å². The van der Waals surface area contributed by atoms with Crippen LogP contribution in [0.25, 0.3) is 43.8 Å². The Kier molecular flexibility index (Phi) is 42.4. The lowest BCUT2D eigenvalue weighted by Gasteiger charge is -2.22. The van der Waals surface area contributed by atoms with Gasteiger partial charge in [-0.25, -0.2) is 9.97 Å². The molecule has 3 aliphatic heterocycles. The number of aryl methyl sites for hydroxylation is 1. The van der Waals surface area contributed by atoms with Crippen molar-refractivity contribution in [3.8, 4) is 22.3 Å². The predicted molar refractivity (Wildman–Crippen MR) is 389 cm³/mol. The zero-order valence-corrected chi connectivity index (χ0v) is 61.8. The number of hydrogen-bond acceptors (Lipinski definition) is 26. The molecular weight excluding hydrogens is 1460 g/mol. The van der Waals surface area contributed by atoms with Gasteiger partial charge in [0.15, 0.2) is 28.8 Å². The molecule has 4 aromatic carbocycles. The first kappa shape index (κ1) is 96.3. The van der Waals surface area contributed by atoms with Gasteiger partial charge in [0, 0.05) is 68.2 Å². The summed E-state index contributed by atoms with van der Waals surface area (Å²) in [5, 5.41) is 13.6. The number of fused-ring (bicyclic) bond motifs is 6. The maximum atomic E-state index is 12.8. The molecule has 0 aliphatic carbocycles. The van der Waals surface area contributed by atoms with E-state index in [1.807, 2.05) is 52.0 Å². The van der Waals surface area contributed by atoms with Crippen LogP contribution in [-0.4, -0.2) is 151 Å². The Hall–Kier alpha value is -8.80. The van der Waals surface area contributed by atoms with Gasteiger partial charge in [-0.05, 0) is 170 Å². The minimum absolute atomic E-state index is 0. The summed E-state index contributed by atoms with van der Waals surface area (Å²) >= 11 is 0. The monoisotopic (exact) mass is 1550 g/mol. The number of Topliss-reactive ketones (excluding diaryl/α,β-unsaturated/α-hetero) is 4. The van der Waals surface area contributed by atoms with Crippen LogP contribution in [0.2, 0.25) is 0 Å². The van der Waals surface area contributed by atoms with E-state index in [0.29, 0.717) is 67.9 Å². The number of carboxylic acid groups (broad SMARTS) is 1. The third-order valence-corrected chi connectivity index (χ3v) is 17.1. The maximum absolute atomic E-state index is 12.8. The summed E-state index contributed by atoms with van der Waals surface area (Å²) in [6, 6.07) is 26.6. The Labute approximate surface area is 609 Å². The van der Waals surface area contributed by atoms with Crippen LogP contribution in [0.3, 0.4) is 0 Å². The van der Waals surface area contributed by atoms with E-state index in [0.717, 1.165) is 89.5 Å². The highest BCUT2D eigenvalue weighted by Gasteiger charge is 2.44. The lowest BCUT2D eigenvalue weighted by Crippen LogP contribution is -2.26. The van der Waals surface area contributed by atoms with Gasteiger partial charge >= 0.3 is 59.0 Å². The van der Waals surface area contributed by atoms with E-state index in [1.165, 1.54) is 38.9 Å². The number of benzene rings is 4. The average molecular weight is 1550 g/mol. The van der Waals surface area contributed by atoms with Gasteiger partial charge in [-0.1, -0.05) is 94.2 Å². The predicted octanol–water partition coefficient (Wildman–Crippen LogP) is 12.1. The molecule has 1 fully saturated rings. The molecule has 0 saturated carbocycles. The second-order valence-corrected chi connectivity index (χ2v) is 27.3. The lowest BCUT2D eigenvalue weighted by molar-refractivity contribution is -0.439. The number of aliphatic imine (C=N–C) groups is 1. The molecule has 28 nitrogen and oxygen atoms in total. The van der Waals surface area contributed by atoms with Gasteiger partial charge < -0.3 is 5.11 Å². The number of aromatic nitrogens is 2. The second-order valence-electron chi connectivity index (χ2n) is 23.5. The summed E-state index contributed by atoms with van der Waals surface area (Å²) < 4.78 is 154. The Morgan fingerprint density at radius 1 is 0.485 bits per heavy atom. The highest BCUT2D eigenvalue weighted by Crippen LogP contribution is 2.47. The Morgan fingerprint density at radius 3 is 1.24 bits per heavy atom. The van der Waals surface area contributed by atoms with Crippen molar-refractivity contribution in [2.24, 2.45) is 4.99 Å². The summed E-state index contributed by atoms with van der Waals surface area (Å²) in [5.41, 5.74) is 13.3. The third kappa shape index (κ3) is 30.6. The van der Waals surface area contributed by atoms with Crippen LogP contribution >= 0.6 is 0 Å². The number of ketones is 4. The molecule has 5 heterocycles. The van der Waals surface area contributed by atoms with Gasteiger partial charge in [-0.15, -0.1) is 63.1 Å². The van der Waals surface area contributed by atoms with Crippen molar-refractivity contribution in [3.05, 3.63) is 118 Å². The third-order valence-electron chi connectivity index (χ3n) is 15.8. The molecule has 0 bridgehead atoms. The van der Waals surface area contributed by atoms with Crippen LogP contribution in [0.4, 0.5) is 11.4 Å². The van der Waals surface area contributed by atoms with Crippen LogP contribution in [0.1, 0.15) is 234 Å². The molecule has 0 spiro atoms. The van der Waals surface area contributed by atoms with Crippen molar-refractivity contribution in [1.82, 2.24) is 9.97 Å². The highest BCUT2D eigenvalue weighted by molar-refractivity contribution is 7.86. The van der Waals surface area contributed by atoms with Crippen LogP contribution < -0.4 is 0 Å². The number of rotatable bonds is 20. The van der Waals surface area contributed by atoms with E-state index in [2.05, 4.69) is 122 Å². The topological polar surface area (TPSA) is 446 Å². The normalized spacial score (nSPS) is 13.1. The SMILES string of the molecule is C.C.C.CCCC(=O)c1cc(-c2ccc3c4c(cc(C)c3c2)[N+](CCCCCC(=O)O)=C(C)C4(C)C)cc(C(=O)CCC)n1.CCCC(=O)c1cc(-c2ccc3c4c(ccc3c2)N=C(C)C4(C)C)cc(C(=O)CCC)n1.O=S(=O)=O.O=S(=O)=O.O=S(=O)=O.O=S(=O)=O.O=S(=O)=O.O=S1(=O)CCCO1. The molecule has 0 radical (unpaired) electrons. The molecule has 1 saturated heterocycles. The van der Waals surface area contributed by atoms with Crippen molar-refractivity contribution < 1.29 is 109 Å². The standard InChI is InChI=1S/C35H42N2O4.C28H30N2O2.C3H6O3S.3CH4.5O3S/c1-7-12-31(38)28-20-25(21-29(36-28)32(39)13-8-2)24-15-16-26-27(19-24)22(3)18-30-34(26)35(5,6)23(4)37(30)17-11-9-10-14-33(40)41;1-6-8-25(31)23-15-20(16-24(30-23)26(32)9-7-2)18-10-12-21-19(14-18)11-13-22-27(21)28(4,5)17(3)29-22;4-7(5)3-1-2-6-7;;;;5*1-4(2)3/h15-16,18-21H,7-14,17H2,1-6H3;10-16H,6-9H2,1-5H3;1-3H2;3*1H4;;;;;/p+1. The average Bonchev–Trinajstić information content (AvgIpc) is 1.59. The summed E-state index contributed by atoms with van der Waals surface area (Å²) in [7, 11) is -18.6. The lowest BCUT2D eigenvalue weighted by atomic mass is 9.79. The molecule has 2 aromatic heterocycles. The number of unbranched alkanes of at least 4 members (excludes halogenated alkanes) is 2. The van der Waals surface area contributed by atoms with Crippen molar-refractivity contribution in [3.63, 3.8) is 0 Å². The molecule has 9 rings (SSSR count). The van der Waals surface area contributed by atoms with Gasteiger partial charge in [0.05, 0.1) is 23.5 Å². The van der Waals surface area contributed by atoms with Gasteiger partial charge in [-0.3, -0.25) is 33.1 Å². The minimum Gasteiger partial charge on any atom is -0.481 e. The van der Waals surface area contributed by atoms with E-state index in [4.69, 9.17) is 73.2 Å². The fourth-order valence-electron chi connectivity index (χ4n) is 11.0. The Balaban J connectivity index is 0. The first-order chi connectivity index (χ1) is 46.6. The maximum Gasteiger partial charge on any atom is 0.425 e. The van der Waals surface area contributed by atoms with E-state index in [-0.39, 0.29) is 68.4 Å². The molecule has 0 amide bonds. The van der Waals surface area contributed by atoms with E-state index in [1.54, 1.807) is 0 Å². The summed E-state index contributed by atoms with van der Waals surface area (Å²) in [4.78, 5) is 75.4. The van der Waals surface area contributed by atoms with Gasteiger partial charge in [0.1, 0.15) is 29.3 Å². The summed E-state index contributed by atoms with van der Waals surface area (Å²) in [6.07, 6.45) is 8.03. The minimum atomic E-state index is -3.11. The van der Waals surface area contributed by atoms with Crippen LogP contribution in [0.15, 0.2) is 83.9 Å². The number of carboxylic acids is 1. The number of hydrogen-bond donors (Lipinski definition) is 1. The first-order valence-electron chi connectivity index (χ1n) is 31.0. The van der Waals surface area contributed by atoms with Gasteiger partial charge in [0.25, 0.3) is 10.1 Å². The summed E-state index contributed by atoms with van der Waals surface area (Å²) in [5.74, 6) is -0.648. The van der Waals surface area contributed by atoms with Crippen molar-refractivity contribution in [1.29, 1.82) is 0 Å². The smallest absolute Gasteiger partial charge is 0.425 e. The summed E-state index contributed by atoms with van der Waals surface area (Å²) in [6.45, 7) is 24.5. The van der Waals surface area contributed by atoms with Gasteiger partial charge in [0.2, 0.25) is 5.69 Å². The molecule has 0 unspecified atom stereocenters. The van der Waals surface area contributed by atoms with Crippen molar-refractivity contribution >= 4 is 137 Å². The molecule has 566 valence electrons. The molecule has 103 heavy (non-hydrogen) atoms. The Bertz CT molecular complexity index is 4580. The van der Waals surface area contributed by atoms with E-state index < -0.39 is 69.1 Å². The van der Waals surface area contributed by atoms with Crippen LogP contribution in [0.5, 0.6) is 0 Å². The number of carbonyl (C=O) groups excluding carboxylic acids is 4. The fraction of sp³-hybridized carbons (Fsp3) is 0.464. The molecular formula is C69H91N4O24S6+. The number of nitrogens with zero attached hydrogens (tertiary/aromatic N) is 4. The quantitative estimate of drug-likeness (QED) is 0.0321. The largest absolute Gasteiger partial charge is 0.481 e. The fourth-order valence-corrected chi connectivity index (χ4v) is 11.9. The van der Waals surface area contributed by atoms with Gasteiger partial charge in [-0.2, -0.15) is 13.0 Å². The number of pyridine rings is 2. The second kappa shape index (κ2) is 45.3. The molecule has 6 aromatic rings. The zero-order valence-electron chi connectivity index (χ0n) is 56.9. The Morgan fingerprint density at radius 2 is 0.883 bits per heavy atom. The highest BCUT2D eigenvalue weighted by atomic mass is 32.2. The first-order valence-corrected chi connectivity index (χ1v) is 37.6. The van der Waals surface area contributed by atoms with E-state index >= 15 is 0 Å². The molecule has 34 heteroatoms. The number of carbonyl (C=O) groups is 5. The molecule has 1 N–H and O–H groups in total. The van der Waals surface area contributed by atoms with E-state index in [9.17, 15) is 32.4 Å². The van der Waals surface area contributed by atoms with Crippen LogP contribution in [-0.2, 0) is 83.0 Å². The molecule has 3 aliphatic rings. The number of aliphatic carboxylic acids is 1.